The van der Waals surface area contributed by atoms with Crippen LogP contribution in [0.2, 0.25) is 0 Å². The van der Waals surface area contributed by atoms with Crippen LogP contribution in [-0.2, 0) is 10.0 Å². The molecule has 0 fully saturated rings. The Labute approximate surface area is 103 Å². The van der Waals surface area contributed by atoms with E-state index in [1.807, 2.05) is 32.0 Å². The van der Waals surface area contributed by atoms with Gasteiger partial charge >= 0.3 is 0 Å². The SMILES string of the molecule is CCS(=O)(=O)NCC(O)c1cc(C)ccc1C. The number of aliphatic hydroxyl groups excluding tert-OH is 1. The number of sulfonamides is 1. The minimum absolute atomic E-state index is 0.0144. The molecule has 0 saturated carbocycles. The van der Waals surface area contributed by atoms with Crippen LogP contribution in [0.25, 0.3) is 0 Å². The first-order chi connectivity index (χ1) is 7.85. The molecule has 0 radical (unpaired) electrons. The van der Waals surface area contributed by atoms with Gasteiger partial charge in [-0.3, -0.25) is 0 Å². The highest BCUT2D eigenvalue weighted by atomic mass is 32.2. The molecule has 1 atom stereocenters. The molecule has 0 aliphatic rings. The molecule has 0 aliphatic carbocycles. The van der Waals surface area contributed by atoms with Crippen LogP contribution in [0.15, 0.2) is 18.2 Å². The molecule has 1 aromatic carbocycles. The summed E-state index contributed by atoms with van der Waals surface area (Å²) in [5.41, 5.74) is 2.77. The monoisotopic (exact) mass is 257 g/mol. The second kappa shape index (κ2) is 5.62. The van der Waals surface area contributed by atoms with Crippen LogP contribution >= 0.6 is 0 Å². The van der Waals surface area contributed by atoms with E-state index in [9.17, 15) is 13.5 Å². The summed E-state index contributed by atoms with van der Waals surface area (Å²) in [5, 5.41) is 9.96. The fourth-order valence-electron chi connectivity index (χ4n) is 1.54. The maximum Gasteiger partial charge on any atom is 0.211 e. The molecule has 0 aromatic heterocycles. The Morgan fingerprint density at radius 3 is 2.59 bits per heavy atom. The molecule has 17 heavy (non-hydrogen) atoms. The van der Waals surface area contributed by atoms with Crippen LogP contribution in [0.4, 0.5) is 0 Å². The predicted octanol–water partition coefficient (Wildman–Crippen LogP) is 1.28. The number of rotatable bonds is 5. The van der Waals surface area contributed by atoms with Crippen LogP contribution in [0.1, 0.15) is 29.7 Å². The zero-order chi connectivity index (χ0) is 13.1. The topological polar surface area (TPSA) is 66.4 Å². The van der Waals surface area contributed by atoms with Crippen molar-refractivity contribution in [1.82, 2.24) is 4.72 Å². The maximum absolute atomic E-state index is 11.3. The Balaban J connectivity index is 2.77. The van der Waals surface area contributed by atoms with E-state index in [1.54, 1.807) is 6.92 Å². The van der Waals surface area contributed by atoms with Gasteiger partial charge in [0.25, 0.3) is 0 Å². The molecule has 0 spiro atoms. The highest BCUT2D eigenvalue weighted by Gasteiger charge is 2.14. The Morgan fingerprint density at radius 2 is 2.00 bits per heavy atom. The molecule has 0 saturated heterocycles. The van der Waals surface area contributed by atoms with Gasteiger partial charge in [0.1, 0.15) is 0 Å². The van der Waals surface area contributed by atoms with Gasteiger partial charge in [0.05, 0.1) is 11.9 Å². The number of benzene rings is 1. The van der Waals surface area contributed by atoms with Crippen LogP contribution in [0, 0.1) is 13.8 Å². The van der Waals surface area contributed by atoms with Crippen LogP contribution < -0.4 is 4.72 Å². The number of hydrogen-bond acceptors (Lipinski definition) is 3. The summed E-state index contributed by atoms with van der Waals surface area (Å²) < 4.78 is 24.9. The predicted molar refractivity (Wildman–Crippen MR) is 68.3 cm³/mol. The highest BCUT2D eigenvalue weighted by Crippen LogP contribution is 2.18. The van der Waals surface area contributed by atoms with E-state index >= 15 is 0 Å². The normalized spacial score (nSPS) is 13.6. The summed E-state index contributed by atoms with van der Waals surface area (Å²) in [7, 11) is -3.26. The summed E-state index contributed by atoms with van der Waals surface area (Å²) in [6.07, 6.45) is -0.809. The lowest BCUT2D eigenvalue weighted by Gasteiger charge is -2.15. The lowest BCUT2D eigenvalue weighted by atomic mass is 10.0. The lowest BCUT2D eigenvalue weighted by molar-refractivity contribution is 0.181. The summed E-state index contributed by atoms with van der Waals surface area (Å²) in [5.74, 6) is 0.0204. The van der Waals surface area contributed by atoms with Gasteiger partial charge in [0.2, 0.25) is 10.0 Å². The maximum atomic E-state index is 11.3. The summed E-state index contributed by atoms with van der Waals surface area (Å²) in [4.78, 5) is 0. The van der Waals surface area contributed by atoms with Crippen molar-refractivity contribution >= 4 is 10.0 Å². The molecule has 96 valence electrons. The average Bonchev–Trinajstić information content (AvgIpc) is 2.29. The second-order valence-electron chi connectivity index (χ2n) is 4.13. The first-order valence-electron chi connectivity index (χ1n) is 5.58. The summed E-state index contributed by atoms with van der Waals surface area (Å²) in [6.45, 7) is 5.41. The van der Waals surface area contributed by atoms with Crippen molar-refractivity contribution in [2.24, 2.45) is 0 Å². The summed E-state index contributed by atoms with van der Waals surface area (Å²) >= 11 is 0. The number of aryl methyl sites for hydroxylation is 2. The molecule has 4 nitrogen and oxygen atoms in total. The minimum atomic E-state index is -3.26. The third-order valence-corrected chi connectivity index (χ3v) is 4.04. The minimum Gasteiger partial charge on any atom is -0.387 e. The smallest absolute Gasteiger partial charge is 0.211 e. The first kappa shape index (κ1) is 14.2. The number of hydrogen-bond donors (Lipinski definition) is 2. The number of aliphatic hydroxyl groups is 1. The van der Waals surface area contributed by atoms with E-state index in [-0.39, 0.29) is 12.3 Å². The van der Waals surface area contributed by atoms with Gasteiger partial charge in [-0.05, 0) is 31.9 Å². The molecule has 0 heterocycles. The molecule has 5 heteroatoms. The van der Waals surface area contributed by atoms with Gasteiger partial charge in [0.15, 0.2) is 0 Å². The lowest BCUT2D eigenvalue weighted by Crippen LogP contribution is -2.30. The quantitative estimate of drug-likeness (QED) is 0.835. The average molecular weight is 257 g/mol. The zero-order valence-corrected chi connectivity index (χ0v) is 11.2. The molecule has 1 unspecified atom stereocenters. The fourth-order valence-corrected chi connectivity index (χ4v) is 2.15. The molecule has 2 N–H and O–H groups in total. The Hall–Kier alpha value is -0.910. The fraction of sp³-hybridized carbons (Fsp3) is 0.500. The van der Waals surface area contributed by atoms with E-state index in [4.69, 9.17) is 0 Å². The van der Waals surface area contributed by atoms with Crippen molar-refractivity contribution in [2.45, 2.75) is 26.9 Å². The van der Waals surface area contributed by atoms with Crippen molar-refractivity contribution in [3.05, 3.63) is 34.9 Å². The Bertz CT molecular complexity index is 483. The molecular weight excluding hydrogens is 238 g/mol. The van der Waals surface area contributed by atoms with Crippen molar-refractivity contribution < 1.29 is 13.5 Å². The number of nitrogens with one attached hydrogen (secondary N) is 1. The third-order valence-electron chi connectivity index (χ3n) is 2.67. The van der Waals surface area contributed by atoms with Crippen molar-refractivity contribution in [2.75, 3.05) is 12.3 Å². The molecule has 0 aliphatic heterocycles. The van der Waals surface area contributed by atoms with E-state index in [1.165, 1.54) is 0 Å². The van der Waals surface area contributed by atoms with Gasteiger partial charge in [0, 0.05) is 6.54 Å². The van der Waals surface area contributed by atoms with Crippen molar-refractivity contribution in [3.8, 4) is 0 Å². The first-order valence-corrected chi connectivity index (χ1v) is 7.23. The van der Waals surface area contributed by atoms with E-state index in [0.717, 1.165) is 16.7 Å². The summed E-state index contributed by atoms with van der Waals surface area (Å²) in [6, 6.07) is 5.75. The Kier molecular flexibility index (Phi) is 4.68. The van der Waals surface area contributed by atoms with Crippen LogP contribution in [0.5, 0.6) is 0 Å². The van der Waals surface area contributed by atoms with Crippen molar-refractivity contribution in [1.29, 1.82) is 0 Å². The molecular formula is C12H19NO3S. The molecule has 1 rings (SSSR count). The van der Waals surface area contributed by atoms with Gasteiger partial charge in [-0.15, -0.1) is 0 Å². The highest BCUT2D eigenvalue weighted by molar-refractivity contribution is 7.89. The van der Waals surface area contributed by atoms with Crippen LogP contribution in [-0.4, -0.2) is 25.8 Å². The largest absolute Gasteiger partial charge is 0.387 e. The van der Waals surface area contributed by atoms with Gasteiger partial charge in [-0.2, -0.15) is 0 Å². The van der Waals surface area contributed by atoms with Crippen molar-refractivity contribution in [3.63, 3.8) is 0 Å². The van der Waals surface area contributed by atoms with Gasteiger partial charge in [-0.25, -0.2) is 13.1 Å². The standard InChI is InChI=1S/C12H19NO3S/c1-4-17(15,16)13-8-12(14)11-7-9(2)5-6-10(11)3/h5-7,12-14H,4,8H2,1-3H3. The zero-order valence-electron chi connectivity index (χ0n) is 10.4. The van der Waals surface area contributed by atoms with Crippen LogP contribution in [0.3, 0.4) is 0 Å². The molecule has 0 amide bonds. The van der Waals surface area contributed by atoms with Gasteiger partial charge in [-0.1, -0.05) is 23.8 Å². The van der Waals surface area contributed by atoms with E-state index in [2.05, 4.69) is 4.72 Å². The molecule has 0 bridgehead atoms. The van der Waals surface area contributed by atoms with Gasteiger partial charge < -0.3 is 5.11 Å². The Morgan fingerprint density at radius 1 is 1.35 bits per heavy atom. The van der Waals surface area contributed by atoms with E-state index in [0.29, 0.717) is 0 Å². The second-order valence-corrected chi connectivity index (χ2v) is 6.22. The molecule has 1 aromatic rings. The van der Waals surface area contributed by atoms with E-state index < -0.39 is 16.1 Å². The third kappa shape index (κ3) is 4.11.